The molecule has 0 saturated carbocycles. The maximum atomic E-state index is 13.3. The van der Waals surface area contributed by atoms with Crippen LogP contribution in [0.4, 0.5) is 4.79 Å². The first-order valence-corrected chi connectivity index (χ1v) is 13.6. The van der Waals surface area contributed by atoms with E-state index in [1.807, 2.05) is 92.5 Å². The third-order valence-electron chi connectivity index (χ3n) is 7.06. The van der Waals surface area contributed by atoms with Gasteiger partial charge in [-0.05, 0) is 47.2 Å². The van der Waals surface area contributed by atoms with E-state index in [9.17, 15) is 19.5 Å². The van der Waals surface area contributed by atoms with Crippen LogP contribution in [0, 0.1) is 5.92 Å². The standard InChI is InChI=1S/C32H37N3O5/c1-21(2)17-28(31(37)38)33-30(36)29(19-35(3)18-22-11-5-4-6-12-22)34-32(39)40-20-27-25-15-9-7-13-23(25)24-14-8-10-16-26(24)27/h4-16,21,27-29H,17-20H2,1-3H3,(H,33,36)(H,34,39)(H,37,38)/t28-,29?/m0/s1. The van der Waals surface area contributed by atoms with Gasteiger partial charge in [-0.1, -0.05) is 92.7 Å². The molecular formula is C32H37N3O5. The molecule has 210 valence electrons. The number of carboxylic acids is 1. The maximum Gasteiger partial charge on any atom is 0.407 e. The monoisotopic (exact) mass is 543 g/mol. The van der Waals surface area contributed by atoms with Gasteiger partial charge in [0.25, 0.3) is 0 Å². The highest BCUT2D eigenvalue weighted by Gasteiger charge is 2.31. The van der Waals surface area contributed by atoms with Crippen LogP contribution in [0.5, 0.6) is 0 Å². The summed E-state index contributed by atoms with van der Waals surface area (Å²) in [5.41, 5.74) is 5.47. The summed E-state index contributed by atoms with van der Waals surface area (Å²) < 4.78 is 5.67. The van der Waals surface area contributed by atoms with Gasteiger partial charge < -0.3 is 20.5 Å². The number of alkyl carbamates (subject to hydrolysis) is 1. The number of nitrogens with one attached hydrogen (secondary N) is 2. The molecule has 0 heterocycles. The molecular weight excluding hydrogens is 506 g/mol. The zero-order valence-electron chi connectivity index (χ0n) is 23.2. The Morgan fingerprint density at radius 3 is 2.00 bits per heavy atom. The van der Waals surface area contributed by atoms with Crippen molar-refractivity contribution in [3.05, 3.63) is 95.6 Å². The molecule has 0 bridgehead atoms. The molecule has 2 atom stereocenters. The summed E-state index contributed by atoms with van der Waals surface area (Å²) in [7, 11) is 1.84. The van der Waals surface area contributed by atoms with Crippen molar-refractivity contribution in [2.24, 2.45) is 5.92 Å². The summed E-state index contributed by atoms with van der Waals surface area (Å²) in [4.78, 5) is 40.0. The van der Waals surface area contributed by atoms with Gasteiger partial charge in [0.05, 0.1) is 0 Å². The van der Waals surface area contributed by atoms with Crippen molar-refractivity contribution >= 4 is 18.0 Å². The highest BCUT2D eigenvalue weighted by atomic mass is 16.5. The number of carboxylic acid groups (broad SMARTS) is 1. The van der Waals surface area contributed by atoms with Crippen LogP contribution in [0.1, 0.15) is 42.9 Å². The number of rotatable bonds is 12. The van der Waals surface area contributed by atoms with Gasteiger partial charge in [-0.15, -0.1) is 0 Å². The molecule has 3 N–H and O–H groups in total. The Hall–Kier alpha value is -4.17. The average Bonchev–Trinajstić information content (AvgIpc) is 3.25. The normalized spacial score (nSPS) is 13.8. The van der Waals surface area contributed by atoms with E-state index in [-0.39, 0.29) is 31.4 Å². The summed E-state index contributed by atoms with van der Waals surface area (Å²) in [5.74, 6) is -1.73. The molecule has 1 aliphatic rings. The first-order chi connectivity index (χ1) is 19.2. The van der Waals surface area contributed by atoms with E-state index in [1.54, 1.807) is 0 Å². The van der Waals surface area contributed by atoms with Crippen LogP contribution in [0.2, 0.25) is 0 Å². The Labute approximate surface area is 235 Å². The number of carbonyl (C=O) groups excluding carboxylic acids is 2. The van der Waals surface area contributed by atoms with Crippen LogP contribution >= 0.6 is 0 Å². The van der Waals surface area contributed by atoms with Crippen LogP contribution in [-0.2, 0) is 20.9 Å². The molecule has 8 nitrogen and oxygen atoms in total. The van der Waals surface area contributed by atoms with Gasteiger partial charge in [-0.3, -0.25) is 9.69 Å². The molecule has 0 aromatic heterocycles. The van der Waals surface area contributed by atoms with Crippen LogP contribution in [0.15, 0.2) is 78.9 Å². The molecule has 40 heavy (non-hydrogen) atoms. The molecule has 0 spiro atoms. The molecule has 1 unspecified atom stereocenters. The molecule has 1 aliphatic carbocycles. The lowest BCUT2D eigenvalue weighted by Crippen LogP contribution is -2.55. The SMILES string of the molecule is CC(C)C[C@H](NC(=O)C(CN(C)Cc1ccccc1)NC(=O)OCC1c2ccccc2-c2ccccc21)C(=O)O. The van der Waals surface area contributed by atoms with Crippen molar-refractivity contribution in [1.29, 1.82) is 0 Å². The van der Waals surface area contributed by atoms with Gasteiger partial charge in [-0.25, -0.2) is 9.59 Å². The molecule has 8 heteroatoms. The molecule has 2 amide bonds. The number of amides is 2. The molecule has 0 aliphatic heterocycles. The molecule has 0 radical (unpaired) electrons. The first kappa shape index (κ1) is 28.8. The highest BCUT2D eigenvalue weighted by Crippen LogP contribution is 2.44. The van der Waals surface area contributed by atoms with Crippen LogP contribution in [0.25, 0.3) is 11.1 Å². The van der Waals surface area contributed by atoms with E-state index in [4.69, 9.17) is 4.74 Å². The summed E-state index contributed by atoms with van der Waals surface area (Å²) in [6, 6.07) is 23.8. The van der Waals surface area contributed by atoms with Crippen LogP contribution < -0.4 is 10.6 Å². The maximum absolute atomic E-state index is 13.3. The summed E-state index contributed by atoms with van der Waals surface area (Å²) >= 11 is 0. The number of ether oxygens (including phenoxy) is 1. The zero-order chi connectivity index (χ0) is 28.6. The number of carbonyl (C=O) groups is 3. The van der Waals surface area contributed by atoms with Crippen LogP contribution in [0.3, 0.4) is 0 Å². The number of nitrogens with zero attached hydrogens (tertiary/aromatic N) is 1. The van der Waals surface area contributed by atoms with Gasteiger partial charge in [0, 0.05) is 19.0 Å². The Morgan fingerprint density at radius 2 is 1.43 bits per heavy atom. The summed E-state index contributed by atoms with van der Waals surface area (Å²) in [6.45, 7) is 4.60. The van der Waals surface area contributed by atoms with E-state index >= 15 is 0 Å². The number of hydrogen-bond donors (Lipinski definition) is 3. The fourth-order valence-electron chi connectivity index (χ4n) is 5.21. The Balaban J connectivity index is 1.45. The Morgan fingerprint density at radius 1 is 0.850 bits per heavy atom. The minimum Gasteiger partial charge on any atom is -0.480 e. The van der Waals surface area contributed by atoms with E-state index in [1.165, 1.54) is 0 Å². The smallest absolute Gasteiger partial charge is 0.407 e. The lowest BCUT2D eigenvalue weighted by Gasteiger charge is -2.26. The lowest BCUT2D eigenvalue weighted by molar-refractivity contribution is -0.142. The fourth-order valence-corrected chi connectivity index (χ4v) is 5.21. The Bertz CT molecular complexity index is 1280. The van der Waals surface area contributed by atoms with Gasteiger partial charge in [0.2, 0.25) is 5.91 Å². The van der Waals surface area contributed by atoms with Crippen molar-refractivity contribution in [2.45, 2.75) is 44.8 Å². The zero-order valence-corrected chi connectivity index (χ0v) is 23.2. The average molecular weight is 544 g/mol. The van der Waals surface area contributed by atoms with Crippen LogP contribution in [-0.4, -0.2) is 60.3 Å². The van der Waals surface area contributed by atoms with E-state index in [2.05, 4.69) is 22.8 Å². The van der Waals surface area contributed by atoms with Gasteiger partial charge >= 0.3 is 12.1 Å². The second-order valence-electron chi connectivity index (χ2n) is 10.7. The van der Waals surface area contributed by atoms with Crippen molar-refractivity contribution in [3.8, 4) is 11.1 Å². The highest BCUT2D eigenvalue weighted by molar-refractivity contribution is 5.89. The third kappa shape index (κ3) is 7.27. The Kier molecular flexibility index (Phi) is 9.56. The first-order valence-electron chi connectivity index (χ1n) is 13.6. The minimum atomic E-state index is -1.11. The molecule has 4 rings (SSSR count). The van der Waals surface area contributed by atoms with E-state index in [0.29, 0.717) is 6.54 Å². The van der Waals surface area contributed by atoms with Gasteiger partial charge in [0.15, 0.2) is 0 Å². The number of likely N-dealkylation sites (N-methyl/N-ethyl adjacent to an activating group) is 1. The fraction of sp³-hybridized carbons (Fsp3) is 0.344. The van der Waals surface area contributed by atoms with Crippen molar-refractivity contribution in [2.75, 3.05) is 20.2 Å². The summed E-state index contributed by atoms with van der Waals surface area (Å²) in [5, 5.41) is 14.9. The van der Waals surface area contributed by atoms with Crippen molar-refractivity contribution in [3.63, 3.8) is 0 Å². The second kappa shape index (κ2) is 13.3. The van der Waals surface area contributed by atoms with Gasteiger partial charge in [-0.2, -0.15) is 0 Å². The second-order valence-corrected chi connectivity index (χ2v) is 10.7. The third-order valence-corrected chi connectivity index (χ3v) is 7.06. The molecule has 3 aromatic carbocycles. The molecule has 0 fully saturated rings. The predicted molar refractivity (Wildman–Crippen MR) is 154 cm³/mol. The van der Waals surface area contributed by atoms with Gasteiger partial charge in [0.1, 0.15) is 18.7 Å². The quantitative estimate of drug-likeness (QED) is 0.307. The number of hydrogen-bond acceptors (Lipinski definition) is 5. The van der Waals surface area contributed by atoms with Crippen molar-refractivity contribution in [1.82, 2.24) is 15.5 Å². The van der Waals surface area contributed by atoms with Crippen molar-refractivity contribution < 1.29 is 24.2 Å². The lowest BCUT2D eigenvalue weighted by atomic mass is 9.98. The van der Waals surface area contributed by atoms with E-state index in [0.717, 1.165) is 27.8 Å². The largest absolute Gasteiger partial charge is 0.480 e. The number of fused-ring (bicyclic) bond motifs is 3. The predicted octanol–water partition coefficient (Wildman–Crippen LogP) is 4.64. The topological polar surface area (TPSA) is 108 Å². The number of benzene rings is 3. The summed E-state index contributed by atoms with van der Waals surface area (Å²) in [6.07, 6.45) is -0.454. The minimum absolute atomic E-state index is 0.0655. The molecule has 0 saturated heterocycles. The van der Waals surface area contributed by atoms with E-state index < -0.39 is 30.1 Å². The number of aliphatic carboxylic acids is 1. The molecule has 3 aromatic rings.